The number of carbonyl (C=O) groups is 2. The van der Waals surface area contributed by atoms with Crippen molar-refractivity contribution >= 4 is 12.1 Å². The van der Waals surface area contributed by atoms with Crippen LogP contribution in [0.2, 0.25) is 0 Å². The molecule has 0 unspecified atom stereocenters. The fourth-order valence-electron chi connectivity index (χ4n) is 1.81. The molecule has 2 N–H and O–H groups in total. The molecule has 6 nitrogen and oxygen atoms in total. The maximum atomic E-state index is 11.4. The molecule has 1 amide bonds. The number of hydrogen-bond acceptors (Lipinski definition) is 4. The van der Waals surface area contributed by atoms with Crippen molar-refractivity contribution in [3.05, 3.63) is 35.9 Å². The predicted molar refractivity (Wildman–Crippen MR) is 81.6 cm³/mol. The highest BCUT2D eigenvalue weighted by Crippen LogP contribution is 2.01. The molecule has 1 rings (SSSR count). The summed E-state index contributed by atoms with van der Waals surface area (Å²) >= 11 is 0. The lowest BCUT2D eigenvalue weighted by Gasteiger charge is -2.07. The molecule has 0 bridgehead atoms. The van der Waals surface area contributed by atoms with E-state index in [9.17, 15) is 9.59 Å². The van der Waals surface area contributed by atoms with E-state index in [0.29, 0.717) is 13.2 Å². The van der Waals surface area contributed by atoms with Crippen LogP contribution in [0.4, 0.5) is 4.79 Å². The van der Waals surface area contributed by atoms with Gasteiger partial charge >= 0.3 is 12.1 Å². The van der Waals surface area contributed by atoms with Crippen molar-refractivity contribution in [2.75, 3.05) is 19.8 Å². The molecule has 1 aromatic rings. The zero-order valence-electron chi connectivity index (χ0n) is 12.6. The highest BCUT2D eigenvalue weighted by atomic mass is 16.5. The van der Waals surface area contributed by atoms with Gasteiger partial charge in [-0.3, -0.25) is 0 Å². The van der Waals surface area contributed by atoms with E-state index in [1.54, 1.807) is 0 Å². The molecule has 0 atom stereocenters. The van der Waals surface area contributed by atoms with Crippen LogP contribution in [0.1, 0.15) is 31.2 Å². The lowest BCUT2D eigenvalue weighted by molar-refractivity contribution is -0.142. The molecule has 1 aromatic carbocycles. The second-order valence-corrected chi connectivity index (χ2v) is 4.85. The van der Waals surface area contributed by atoms with Crippen LogP contribution >= 0.6 is 0 Å². The first-order valence-corrected chi connectivity index (χ1v) is 7.42. The summed E-state index contributed by atoms with van der Waals surface area (Å²) in [7, 11) is 0. The SMILES string of the molecule is O=C(O)COCCCCCCNC(=O)OCc1ccccc1. The molecule has 0 aromatic heterocycles. The molecule has 0 aliphatic heterocycles. The third-order valence-corrected chi connectivity index (χ3v) is 2.92. The number of carboxylic acids is 1. The van der Waals surface area contributed by atoms with Crippen molar-refractivity contribution in [2.45, 2.75) is 32.3 Å². The fourth-order valence-corrected chi connectivity index (χ4v) is 1.81. The van der Waals surface area contributed by atoms with Gasteiger partial charge in [-0.2, -0.15) is 0 Å². The van der Waals surface area contributed by atoms with Gasteiger partial charge in [0.2, 0.25) is 0 Å². The quantitative estimate of drug-likeness (QED) is 0.614. The molecule has 0 radical (unpaired) electrons. The van der Waals surface area contributed by atoms with Crippen molar-refractivity contribution in [3.8, 4) is 0 Å². The van der Waals surface area contributed by atoms with E-state index >= 15 is 0 Å². The first kappa shape index (κ1) is 18.0. The van der Waals surface area contributed by atoms with Crippen molar-refractivity contribution in [1.82, 2.24) is 5.32 Å². The molecule has 22 heavy (non-hydrogen) atoms. The molecule has 0 fully saturated rings. The van der Waals surface area contributed by atoms with Crippen LogP contribution in [0.15, 0.2) is 30.3 Å². The smallest absolute Gasteiger partial charge is 0.407 e. The number of benzene rings is 1. The van der Waals surface area contributed by atoms with E-state index in [4.69, 9.17) is 14.6 Å². The van der Waals surface area contributed by atoms with Gasteiger partial charge in [0.05, 0.1) is 0 Å². The Morgan fingerprint density at radius 2 is 1.77 bits per heavy atom. The molecule has 6 heteroatoms. The van der Waals surface area contributed by atoms with Gasteiger partial charge in [-0.15, -0.1) is 0 Å². The van der Waals surface area contributed by atoms with E-state index in [0.717, 1.165) is 31.2 Å². The van der Waals surface area contributed by atoms with Gasteiger partial charge < -0.3 is 19.9 Å². The third-order valence-electron chi connectivity index (χ3n) is 2.92. The van der Waals surface area contributed by atoms with Gasteiger partial charge in [0, 0.05) is 13.2 Å². The Hall–Kier alpha value is -2.08. The lowest BCUT2D eigenvalue weighted by atomic mass is 10.2. The topological polar surface area (TPSA) is 84.9 Å². The van der Waals surface area contributed by atoms with Crippen LogP contribution in [-0.2, 0) is 20.9 Å². The van der Waals surface area contributed by atoms with E-state index in [1.807, 2.05) is 30.3 Å². The number of carbonyl (C=O) groups excluding carboxylic acids is 1. The van der Waals surface area contributed by atoms with Crippen molar-refractivity contribution < 1.29 is 24.2 Å². The molecule has 122 valence electrons. The van der Waals surface area contributed by atoms with Crippen LogP contribution in [0, 0.1) is 0 Å². The van der Waals surface area contributed by atoms with E-state index in [2.05, 4.69) is 5.32 Å². The number of nitrogens with one attached hydrogen (secondary N) is 1. The van der Waals surface area contributed by atoms with Crippen LogP contribution in [0.5, 0.6) is 0 Å². The number of rotatable bonds is 11. The van der Waals surface area contributed by atoms with Gasteiger partial charge in [0.1, 0.15) is 13.2 Å². The molecule has 0 aliphatic carbocycles. The number of ether oxygens (including phenoxy) is 2. The van der Waals surface area contributed by atoms with Gasteiger partial charge in [-0.1, -0.05) is 43.2 Å². The fraction of sp³-hybridized carbons (Fsp3) is 0.500. The summed E-state index contributed by atoms with van der Waals surface area (Å²) in [6.07, 6.45) is 3.18. The molecular weight excluding hydrogens is 286 g/mol. The molecule has 0 spiro atoms. The van der Waals surface area contributed by atoms with E-state index < -0.39 is 12.1 Å². The van der Waals surface area contributed by atoms with Gasteiger partial charge in [-0.05, 0) is 18.4 Å². The summed E-state index contributed by atoms with van der Waals surface area (Å²) in [6, 6.07) is 9.52. The first-order valence-electron chi connectivity index (χ1n) is 7.42. The number of hydrogen-bond donors (Lipinski definition) is 2. The van der Waals surface area contributed by atoms with Crippen LogP contribution < -0.4 is 5.32 Å². The third kappa shape index (κ3) is 9.77. The van der Waals surface area contributed by atoms with Crippen molar-refractivity contribution in [1.29, 1.82) is 0 Å². The Morgan fingerprint density at radius 3 is 2.50 bits per heavy atom. The van der Waals surface area contributed by atoms with Crippen molar-refractivity contribution in [2.24, 2.45) is 0 Å². The Bertz CT molecular complexity index is 435. The summed E-state index contributed by atoms with van der Waals surface area (Å²) in [5, 5.41) is 11.1. The van der Waals surface area contributed by atoms with Gasteiger partial charge in [-0.25, -0.2) is 9.59 Å². The molecular formula is C16H23NO5. The Labute approximate surface area is 130 Å². The lowest BCUT2D eigenvalue weighted by Crippen LogP contribution is -2.25. The molecule has 0 aliphatic rings. The highest BCUT2D eigenvalue weighted by molar-refractivity contribution is 5.68. The highest BCUT2D eigenvalue weighted by Gasteiger charge is 2.01. The number of amides is 1. The minimum atomic E-state index is -0.946. The van der Waals surface area contributed by atoms with Crippen LogP contribution in [-0.4, -0.2) is 36.9 Å². The number of unbranched alkanes of at least 4 members (excludes halogenated alkanes) is 3. The Kier molecular flexibility index (Phi) is 9.45. The minimum absolute atomic E-state index is 0.241. The normalized spacial score (nSPS) is 10.2. The maximum Gasteiger partial charge on any atom is 0.407 e. The van der Waals surface area contributed by atoms with Crippen LogP contribution in [0.3, 0.4) is 0 Å². The average molecular weight is 309 g/mol. The summed E-state index contributed by atoms with van der Waals surface area (Å²) in [5.41, 5.74) is 0.957. The second-order valence-electron chi connectivity index (χ2n) is 4.85. The molecule has 0 saturated carbocycles. The zero-order valence-corrected chi connectivity index (χ0v) is 12.6. The van der Waals surface area contributed by atoms with Gasteiger partial charge in [0.25, 0.3) is 0 Å². The number of alkyl carbamates (subject to hydrolysis) is 1. The number of carboxylic acid groups (broad SMARTS) is 1. The molecule has 0 heterocycles. The maximum absolute atomic E-state index is 11.4. The summed E-state index contributed by atoms with van der Waals surface area (Å²) < 4.78 is 10.0. The number of aliphatic carboxylic acids is 1. The van der Waals surface area contributed by atoms with E-state index in [-0.39, 0.29) is 13.2 Å². The minimum Gasteiger partial charge on any atom is -0.480 e. The Balaban J connectivity index is 1.89. The van der Waals surface area contributed by atoms with E-state index in [1.165, 1.54) is 0 Å². The zero-order chi connectivity index (χ0) is 16.0. The molecule has 0 saturated heterocycles. The predicted octanol–water partition coefficient (Wildman–Crippen LogP) is 2.57. The second kappa shape index (κ2) is 11.6. The standard InChI is InChI=1S/C16H23NO5/c18-15(19)13-21-11-7-2-1-6-10-17-16(20)22-12-14-8-4-3-5-9-14/h3-5,8-9H,1-2,6-7,10-13H2,(H,17,20)(H,18,19). The van der Waals surface area contributed by atoms with Crippen molar-refractivity contribution in [3.63, 3.8) is 0 Å². The summed E-state index contributed by atoms with van der Waals surface area (Å²) in [5.74, 6) is -0.946. The first-order chi connectivity index (χ1) is 10.7. The van der Waals surface area contributed by atoms with Gasteiger partial charge in [0.15, 0.2) is 0 Å². The largest absolute Gasteiger partial charge is 0.480 e. The summed E-state index contributed by atoms with van der Waals surface area (Å²) in [6.45, 7) is 1.06. The van der Waals surface area contributed by atoms with Crippen LogP contribution in [0.25, 0.3) is 0 Å². The Morgan fingerprint density at radius 1 is 1.05 bits per heavy atom. The average Bonchev–Trinajstić information content (AvgIpc) is 2.52. The monoisotopic (exact) mass is 309 g/mol. The summed E-state index contributed by atoms with van der Waals surface area (Å²) in [4.78, 5) is 21.6.